The van der Waals surface area contributed by atoms with Crippen LogP contribution in [0.4, 0.5) is 11.4 Å². The van der Waals surface area contributed by atoms with Gasteiger partial charge in [-0.15, -0.1) is 11.3 Å². The molecule has 0 aliphatic heterocycles. The molecule has 5 rings (SSSR count). The van der Waals surface area contributed by atoms with Crippen LogP contribution in [-0.4, -0.2) is 0 Å². The minimum atomic E-state index is 0.223. The SMILES string of the molecule is Cc1cc2c(cc1Nc1csc3cc4c(cc13)C(C)(C)CCC4(C)C)C(C)(C)CCC2(C)C. The third-order valence-corrected chi connectivity index (χ3v) is 9.96. The molecule has 0 unspecified atom stereocenters. The maximum absolute atomic E-state index is 3.88. The van der Waals surface area contributed by atoms with E-state index in [-0.39, 0.29) is 21.7 Å². The maximum atomic E-state index is 3.88. The van der Waals surface area contributed by atoms with E-state index in [4.69, 9.17) is 0 Å². The van der Waals surface area contributed by atoms with Crippen LogP contribution in [0.3, 0.4) is 0 Å². The van der Waals surface area contributed by atoms with E-state index in [1.807, 2.05) is 11.3 Å². The number of thiophene rings is 1. The first-order valence-electron chi connectivity index (χ1n) is 12.7. The highest BCUT2D eigenvalue weighted by Crippen LogP contribution is 2.50. The van der Waals surface area contributed by atoms with Gasteiger partial charge in [0.15, 0.2) is 0 Å². The van der Waals surface area contributed by atoms with E-state index in [0.29, 0.717) is 0 Å². The summed E-state index contributed by atoms with van der Waals surface area (Å²) in [7, 11) is 0. The van der Waals surface area contributed by atoms with Crippen LogP contribution in [-0.2, 0) is 21.7 Å². The fourth-order valence-electron chi connectivity index (χ4n) is 6.19. The summed E-state index contributed by atoms with van der Waals surface area (Å²) in [6.45, 7) is 21.6. The fourth-order valence-corrected chi connectivity index (χ4v) is 7.10. The van der Waals surface area contributed by atoms with Crippen molar-refractivity contribution >= 4 is 32.8 Å². The number of fused-ring (bicyclic) bond motifs is 3. The third kappa shape index (κ3) is 3.64. The van der Waals surface area contributed by atoms with Gasteiger partial charge in [-0.05, 0) is 100 Å². The molecule has 33 heavy (non-hydrogen) atoms. The molecule has 0 amide bonds. The van der Waals surface area contributed by atoms with E-state index < -0.39 is 0 Å². The Morgan fingerprint density at radius 2 is 1.06 bits per heavy atom. The van der Waals surface area contributed by atoms with Crippen molar-refractivity contribution in [1.29, 1.82) is 0 Å². The Bertz CT molecular complexity index is 1250. The average molecular weight is 460 g/mol. The van der Waals surface area contributed by atoms with Crippen LogP contribution in [0.15, 0.2) is 29.6 Å². The number of hydrogen-bond acceptors (Lipinski definition) is 2. The maximum Gasteiger partial charge on any atom is 0.0573 e. The van der Waals surface area contributed by atoms with Crippen molar-refractivity contribution < 1.29 is 0 Å². The molecule has 0 atom stereocenters. The minimum Gasteiger partial charge on any atom is -0.354 e. The number of anilines is 2. The van der Waals surface area contributed by atoms with Crippen molar-refractivity contribution in [3.63, 3.8) is 0 Å². The molecule has 0 saturated heterocycles. The lowest BCUT2D eigenvalue weighted by atomic mass is 9.63. The van der Waals surface area contributed by atoms with Crippen LogP contribution in [0.1, 0.15) is 109 Å². The first kappa shape index (κ1) is 23.0. The molecule has 1 nitrogen and oxygen atoms in total. The zero-order valence-electron chi connectivity index (χ0n) is 22.1. The topological polar surface area (TPSA) is 12.0 Å². The Labute approximate surface area is 205 Å². The number of hydrogen-bond donors (Lipinski definition) is 1. The molecular formula is C31H41NS. The summed E-state index contributed by atoms with van der Waals surface area (Å²) in [5.74, 6) is 0. The highest BCUT2D eigenvalue weighted by molar-refractivity contribution is 7.17. The van der Waals surface area contributed by atoms with Gasteiger partial charge < -0.3 is 5.32 Å². The Balaban J connectivity index is 1.61. The third-order valence-electron chi connectivity index (χ3n) is 9.01. The van der Waals surface area contributed by atoms with Crippen molar-refractivity contribution in [3.05, 3.63) is 57.5 Å². The van der Waals surface area contributed by atoms with Gasteiger partial charge in [-0.25, -0.2) is 0 Å². The van der Waals surface area contributed by atoms with Gasteiger partial charge in [0.1, 0.15) is 0 Å². The van der Waals surface area contributed by atoms with Crippen LogP contribution < -0.4 is 5.32 Å². The standard InChI is InChI=1S/C31H41NS/c1-19-14-21-23(30(6,7)12-10-28(21,2)3)16-25(19)32-26-18-33-27-17-24-22(15-20(26)27)29(4,5)11-13-31(24,8)9/h14-18,32H,10-13H2,1-9H3. The van der Waals surface area contributed by atoms with Crippen LogP contribution in [0.2, 0.25) is 0 Å². The Morgan fingerprint density at radius 1 is 0.606 bits per heavy atom. The largest absolute Gasteiger partial charge is 0.354 e. The van der Waals surface area contributed by atoms with Gasteiger partial charge in [-0.2, -0.15) is 0 Å². The van der Waals surface area contributed by atoms with Gasteiger partial charge in [0.2, 0.25) is 0 Å². The molecule has 0 bridgehead atoms. The van der Waals surface area contributed by atoms with Crippen molar-refractivity contribution in [2.24, 2.45) is 0 Å². The van der Waals surface area contributed by atoms with Crippen LogP contribution in [0.5, 0.6) is 0 Å². The van der Waals surface area contributed by atoms with Crippen molar-refractivity contribution in [1.82, 2.24) is 0 Å². The van der Waals surface area contributed by atoms with Crippen LogP contribution in [0.25, 0.3) is 10.1 Å². The predicted octanol–water partition coefficient (Wildman–Crippen LogP) is 9.65. The number of nitrogens with one attached hydrogen (secondary N) is 1. The van der Waals surface area contributed by atoms with Crippen molar-refractivity contribution in [3.8, 4) is 0 Å². The smallest absolute Gasteiger partial charge is 0.0573 e. The fraction of sp³-hybridized carbons (Fsp3) is 0.548. The summed E-state index contributed by atoms with van der Waals surface area (Å²) in [6, 6.07) is 9.92. The number of benzene rings is 2. The van der Waals surface area contributed by atoms with E-state index in [0.717, 1.165) is 0 Å². The molecule has 2 heteroatoms. The second-order valence-electron chi connectivity index (χ2n) is 13.4. The molecule has 1 aromatic heterocycles. The summed E-state index contributed by atoms with van der Waals surface area (Å²) in [5, 5.41) is 7.58. The van der Waals surface area contributed by atoms with Gasteiger partial charge in [0.25, 0.3) is 0 Å². The van der Waals surface area contributed by atoms with Crippen molar-refractivity contribution in [2.45, 2.75) is 110 Å². The summed E-state index contributed by atoms with van der Waals surface area (Å²) in [6.07, 6.45) is 5.01. The summed E-state index contributed by atoms with van der Waals surface area (Å²) in [5.41, 5.74) is 11.0. The Morgan fingerprint density at radius 3 is 1.61 bits per heavy atom. The minimum absolute atomic E-state index is 0.223. The molecule has 0 fully saturated rings. The van der Waals surface area contributed by atoms with Gasteiger partial charge in [0.05, 0.1) is 5.69 Å². The molecule has 2 aliphatic rings. The number of aryl methyl sites for hydroxylation is 1. The normalized spacial score (nSPS) is 22.0. The molecule has 1 N–H and O–H groups in total. The van der Waals surface area contributed by atoms with Gasteiger partial charge >= 0.3 is 0 Å². The van der Waals surface area contributed by atoms with E-state index in [1.165, 1.54) is 69.4 Å². The monoisotopic (exact) mass is 459 g/mol. The quantitative estimate of drug-likeness (QED) is 0.402. The summed E-state index contributed by atoms with van der Waals surface area (Å²) >= 11 is 1.88. The lowest BCUT2D eigenvalue weighted by Crippen LogP contribution is -2.34. The first-order chi connectivity index (χ1) is 15.2. The van der Waals surface area contributed by atoms with Crippen LogP contribution in [0, 0.1) is 6.92 Å². The van der Waals surface area contributed by atoms with E-state index in [1.54, 1.807) is 5.56 Å². The highest BCUT2D eigenvalue weighted by atomic mass is 32.1. The molecule has 1 heterocycles. The van der Waals surface area contributed by atoms with Gasteiger partial charge in [0, 0.05) is 21.2 Å². The highest BCUT2D eigenvalue weighted by Gasteiger charge is 2.39. The zero-order valence-corrected chi connectivity index (χ0v) is 22.9. The Kier molecular flexibility index (Phi) is 4.94. The van der Waals surface area contributed by atoms with Gasteiger partial charge in [-0.1, -0.05) is 61.5 Å². The summed E-state index contributed by atoms with van der Waals surface area (Å²) < 4.78 is 1.40. The molecule has 0 radical (unpaired) electrons. The molecular weight excluding hydrogens is 418 g/mol. The Hall–Kier alpha value is -1.80. The van der Waals surface area contributed by atoms with E-state index >= 15 is 0 Å². The summed E-state index contributed by atoms with van der Waals surface area (Å²) in [4.78, 5) is 0. The number of rotatable bonds is 2. The molecule has 0 saturated carbocycles. The lowest BCUT2D eigenvalue weighted by molar-refractivity contribution is 0.332. The zero-order chi connectivity index (χ0) is 24.0. The molecule has 2 aromatic carbocycles. The molecule has 176 valence electrons. The lowest BCUT2D eigenvalue weighted by Gasteiger charge is -2.42. The van der Waals surface area contributed by atoms with Crippen molar-refractivity contribution in [2.75, 3.05) is 5.32 Å². The second kappa shape index (κ2) is 7.11. The van der Waals surface area contributed by atoms with E-state index in [2.05, 4.69) is 97.3 Å². The average Bonchev–Trinajstić information content (AvgIpc) is 3.11. The molecule has 3 aromatic rings. The predicted molar refractivity (Wildman–Crippen MR) is 147 cm³/mol. The second-order valence-corrected chi connectivity index (χ2v) is 14.3. The van der Waals surface area contributed by atoms with Gasteiger partial charge in [-0.3, -0.25) is 0 Å². The van der Waals surface area contributed by atoms with E-state index in [9.17, 15) is 0 Å². The first-order valence-corrected chi connectivity index (χ1v) is 13.6. The van der Waals surface area contributed by atoms with Crippen LogP contribution >= 0.6 is 11.3 Å². The molecule has 0 spiro atoms. The molecule has 2 aliphatic carbocycles.